The first-order chi connectivity index (χ1) is 8.88. The van der Waals surface area contributed by atoms with Crippen molar-refractivity contribution < 1.29 is 17.2 Å². The molecule has 1 heterocycles. The maximum atomic E-state index is 13.0. The molecule has 0 saturated carbocycles. The number of aryl methyl sites for hydroxylation is 2. The summed E-state index contributed by atoms with van der Waals surface area (Å²) in [7, 11) is -3.77. The summed E-state index contributed by atoms with van der Waals surface area (Å²) in [6.07, 6.45) is 0. The van der Waals surface area contributed by atoms with E-state index in [1.54, 1.807) is 13.8 Å². The van der Waals surface area contributed by atoms with Crippen molar-refractivity contribution in [2.24, 2.45) is 0 Å². The summed E-state index contributed by atoms with van der Waals surface area (Å²) in [6, 6.07) is 4.79. The Morgan fingerprint density at radius 3 is 2.68 bits per heavy atom. The largest absolute Gasteiger partial charge is 0.444 e. The highest BCUT2D eigenvalue weighted by molar-refractivity contribution is 7.89. The second kappa shape index (κ2) is 5.10. The zero-order chi connectivity index (χ0) is 14.0. The average Bonchev–Trinajstić information content (AvgIpc) is 2.67. The highest BCUT2D eigenvalue weighted by Gasteiger charge is 2.16. The van der Waals surface area contributed by atoms with E-state index in [1.807, 2.05) is 0 Å². The van der Waals surface area contributed by atoms with Gasteiger partial charge in [0.1, 0.15) is 11.6 Å². The molecular formula is C12H13FN2O3S. The van der Waals surface area contributed by atoms with Gasteiger partial charge in [-0.2, -0.15) is 0 Å². The van der Waals surface area contributed by atoms with Crippen LogP contribution < -0.4 is 4.72 Å². The Labute approximate surface area is 110 Å². The predicted octanol–water partition coefficient (Wildman–Crippen LogP) is 1.91. The van der Waals surface area contributed by atoms with E-state index < -0.39 is 15.8 Å². The summed E-state index contributed by atoms with van der Waals surface area (Å²) in [5, 5.41) is 0. The fourth-order valence-electron chi connectivity index (χ4n) is 1.49. The van der Waals surface area contributed by atoms with Crippen LogP contribution in [-0.2, 0) is 16.6 Å². The molecule has 0 atom stereocenters. The van der Waals surface area contributed by atoms with E-state index in [-0.39, 0.29) is 17.3 Å². The van der Waals surface area contributed by atoms with Crippen LogP contribution in [0.25, 0.3) is 0 Å². The van der Waals surface area contributed by atoms with Crippen molar-refractivity contribution in [1.29, 1.82) is 0 Å². The van der Waals surface area contributed by atoms with E-state index in [0.29, 0.717) is 11.5 Å². The molecule has 0 spiro atoms. The summed E-state index contributed by atoms with van der Waals surface area (Å²) in [6.45, 7) is 3.43. The fourth-order valence-corrected chi connectivity index (χ4v) is 2.49. The summed E-state index contributed by atoms with van der Waals surface area (Å²) in [4.78, 5) is 3.92. The van der Waals surface area contributed by atoms with E-state index in [1.165, 1.54) is 18.2 Å². The van der Waals surface area contributed by atoms with Gasteiger partial charge < -0.3 is 4.42 Å². The van der Waals surface area contributed by atoms with Crippen molar-refractivity contribution in [2.45, 2.75) is 25.3 Å². The Balaban J connectivity index is 2.14. The standard InChI is InChI=1S/C12H13FN2O3S/c1-8-9(2)18-12(15-8)7-14-19(16,17)11-5-3-4-10(13)6-11/h3-6,14H,7H2,1-2H3. The number of nitrogens with zero attached hydrogens (tertiary/aromatic N) is 1. The van der Waals surface area contributed by atoms with Crippen molar-refractivity contribution in [1.82, 2.24) is 9.71 Å². The van der Waals surface area contributed by atoms with Crippen molar-refractivity contribution in [2.75, 3.05) is 0 Å². The molecule has 0 fully saturated rings. The number of nitrogens with one attached hydrogen (secondary N) is 1. The van der Waals surface area contributed by atoms with Crippen LogP contribution in [0.15, 0.2) is 33.6 Å². The Morgan fingerprint density at radius 1 is 1.37 bits per heavy atom. The molecule has 7 heteroatoms. The quantitative estimate of drug-likeness (QED) is 0.931. The molecule has 2 rings (SSSR count). The van der Waals surface area contributed by atoms with Crippen molar-refractivity contribution in [3.05, 3.63) is 47.4 Å². The van der Waals surface area contributed by atoms with Crippen molar-refractivity contribution >= 4 is 10.0 Å². The van der Waals surface area contributed by atoms with Gasteiger partial charge in [0, 0.05) is 0 Å². The van der Waals surface area contributed by atoms with Gasteiger partial charge in [0.2, 0.25) is 15.9 Å². The molecular weight excluding hydrogens is 271 g/mol. The van der Waals surface area contributed by atoms with Crippen LogP contribution in [0.1, 0.15) is 17.3 Å². The number of hydrogen-bond acceptors (Lipinski definition) is 4. The molecule has 1 aromatic heterocycles. The third kappa shape index (κ3) is 3.18. The van der Waals surface area contributed by atoms with E-state index in [2.05, 4.69) is 9.71 Å². The van der Waals surface area contributed by atoms with Gasteiger partial charge in [0.25, 0.3) is 0 Å². The van der Waals surface area contributed by atoms with Gasteiger partial charge in [-0.15, -0.1) is 0 Å². The number of oxazole rings is 1. The third-order valence-corrected chi connectivity index (χ3v) is 3.99. The molecule has 0 amide bonds. The normalized spacial score (nSPS) is 11.7. The molecule has 0 aliphatic rings. The van der Waals surface area contributed by atoms with E-state index in [0.717, 1.165) is 6.07 Å². The van der Waals surface area contributed by atoms with E-state index in [4.69, 9.17) is 4.42 Å². The first-order valence-corrected chi connectivity index (χ1v) is 7.05. The summed E-state index contributed by atoms with van der Waals surface area (Å²) in [5.41, 5.74) is 0.708. The van der Waals surface area contributed by atoms with Crippen LogP contribution in [-0.4, -0.2) is 13.4 Å². The second-order valence-corrected chi connectivity index (χ2v) is 5.80. The monoisotopic (exact) mass is 284 g/mol. The molecule has 2 aromatic rings. The van der Waals surface area contributed by atoms with Crippen LogP contribution in [0, 0.1) is 19.7 Å². The minimum atomic E-state index is -3.77. The van der Waals surface area contributed by atoms with Crippen molar-refractivity contribution in [3.63, 3.8) is 0 Å². The SMILES string of the molecule is Cc1nc(CNS(=O)(=O)c2cccc(F)c2)oc1C. The second-order valence-electron chi connectivity index (χ2n) is 4.03. The maximum Gasteiger partial charge on any atom is 0.241 e. The molecule has 0 radical (unpaired) electrons. The van der Waals surface area contributed by atoms with Crippen molar-refractivity contribution in [3.8, 4) is 0 Å². The Hall–Kier alpha value is -1.73. The fraction of sp³-hybridized carbons (Fsp3) is 0.250. The van der Waals surface area contributed by atoms with E-state index in [9.17, 15) is 12.8 Å². The van der Waals surface area contributed by atoms with Gasteiger partial charge in [-0.1, -0.05) is 6.07 Å². The molecule has 5 nitrogen and oxygen atoms in total. The van der Waals surface area contributed by atoms with Crippen LogP contribution in [0.4, 0.5) is 4.39 Å². The molecule has 0 aliphatic heterocycles. The minimum Gasteiger partial charge on any atom is -0.444 e. The summed E-state index contributed by atoms with van der Waals surface area (Å²) in [5.74, 6) is 0.306. The van der Waals surface area contributed by atoms with Gasteiger partial charge in [0.05, 0.1) is 17.1 Å². The van der Waals surface area contributed by atoms with Gasteiger partial charge in [-0.3, -0.25) is 0 Å². The summed E-state index contributed by atoms with van der Waals surface area (Å²) >= 11 is 0. The first-order valence-electron chi connectivity index (χ1n) is 5.56. The Morgan fingerprint density at radius 2 is 2.11 bits per heavy atom. The van der Waals surface area contributed by atoms with Crippen LogP contribution in [0.2, 0.25) is 0 Å². The topological polar surface area (TPSA) is 72.2 Å². The van der Waals surface area contributed by atoms with Gasteiger partial charge in [0.15, 0.2) is 0 Å². The number of hydrogen-bond donors (Lipinski definition) is 1. The number of rotatable bonds is 4. The molecule has 0 bridgehead atoms. The lowest BCUT2D eigenvalue weighted by atomic mass is 10.4. The molecule has 0 aliphatic carbocycles. The molecule has 1 N–H and O–H groups in total. The highest BCUT2D eigenvalue weighted by atomic mass is 32.2. The van der Waals surface area contributed by atoms with Gasteiger partial charge in [-0.05, 0) is 32.0 Å². The number of benzene rings is 1. The lowest BCUT2D eigenvalue weighted by molar-refractivity contribution is 0.463. The van der Waals surface area contributed by atoms with Gasteiger partial charge in [-0.25, -0.2) is 22.5 Å². The lowest BCUT2D eigenvalue weighted by Gasteiger charge is -2.04. The number of aromatic nitrogens is 1. The highest BCUT2D eigenvalue weighted by Crippen LogP contribution is 2.12. The Bertz CT molecular complexity index is 675. The van der Waals surface area contributed by atoms with Crippen LogP contribution >= 0.6 is 0 Å². The van der Waals surface area contributed by atoms with Crippen LogP contribution in [0.3, 0.4) is 0 Å². The summed E-state index contributed by atoms with van der Waals surface area (Å²) < 4.78 is 44.4. The number of sulfonamides is 1. The first kappa shape index (κ1) is 13.7. The zero-order valence-corrected chi connectivity index (χ0v) is 11.3. The minimum absolute atomic E-state index is 0.0759. The number of halogens is 1. The van der Waals surface area contributed by atoms with E-state index >= 15 is 0 Å². The molecule has 1 aromatic carbocycles. The maximum absolute atomic E-state index is 13.0. The zero-order valence-electron chi connectivity index (χ0n) is 10.5. The Kier molecular flexibility index (Phi) is 3.68. The molecule has 102 valence electrons. The molecule has 0 saturated heterocycles. The predicted molar refractivity (Wildman–Crippen MR) is 66.4 cm³/mol. The third-order valence-electron chi connectivity index (χ3n) is 2.59. The average molecular weight is 284 g/mol. The van der Waals surface area contributed by atoms with Crippen LogP contribution in [0.5, 0.6) is 0 Å². The lowest BCUT2D eigenvalue weighted by Crippen LogP contribution is -2.23. The smallest absolute Gasteiger partial charge is 0.241 e. The molecule has 19 heavy (non-hydrogen) atoms. The molecule has 0 unspecified atom stereocenters. The van der Waals surface area contributed by atoms with Gasteiger partial charge >= 0.3 is 0 Å².